The summed E-state index contributed by atoms with van der Waals surface area (Å²) in [6, 6.07) is 6.65. The number of alkyl halides is 2. The Morgan fingerprint density at radius 2 is 2.20 bits per heavy atom. The first kappa shape index (κ1) is 14.6. The Morgan fingerprint density at radius 1 is 1.50 bits per heavy atom. The summed E-state index contributed by atoms with van der Waals surface area (Å²) in [5.74, 6) is 4.95. The van der Waals surface area contributed by atoms with Crippen LogP contribution in [0.25, 0.3) is 0 Å². The van der Waals surface area contributed by atoms with E-state index in [0.29, 0.717) is 5.69 Å². The molecule has 0 saturated heterocycles. The number of amides is 1. The largest absolute Gasteiger partial charge is 0.282 e. The molecule has 8 heteroatoms. The maximum absolute atomic E-state index is 12.8. The highest BCUT2D eigenvalue weighted by atomic mass is 79.9. The number of hydrogen-bond acceptors (Lipinski definition) is 3. The van der Waals surface area contributed by atoms with Gasteiger partial charge in [-0.1, -0.05) is 22.0 Å². The summed E-state index contributed by atoms with van der Waals surface area (Å²) in [6.45, 7) is 0. The van der Waals surface area contributed by atoms with Gasteiger partial charge in [0.25, 0.3) is 12.3 Å². The van der Waals surface area contributed by atoms with Crippen molar-refractivity contribution in [3.05, 3.63) is 46.2 Å². The van der Waals surface area contributed by atoms with Crippen LogP contribution >= 0.6 is 15.9 Å². The predicted molar refractivity (Wildman–Crippen MR) is 73.3 cm³/mol. The van der Waals surface area contributed by atoms with E-state index in [4.69, 9.17) is 5.84 Å². The average Bonchev–Trinajstić information content (AvgIpc) is 2.79. The fraction of sp³-hybridized carbons (Fsp3) is 0.167. The van der Waals surface area contributed by atoms with E-state index in [9.17, 15) is 13.6 Å². The van der Waals surface area contributed by atoms with Crippen LogP contribution in [0.1, 0.15) is 22.5 Å². The van der Waals surface area contributed by atoms with Crippen LogP contribution in [-0.4, -0.2) is 15.7 Å². The molecule has 0 bridgehead atoms. The molecule has 0 saturated carbocycles. The van der Waals surface area contributed by atoms with Gasteiger partial charge in [-0.25, -0.2) is 19.6 Å². The van der Waals surface area contributed by atoms with Gasteiger partial charge in [-0.05, 0) is 18.2 Å². The van der Waals surface area contributed by atoms with Crippen molar-refractivity contribution in [1.29, 1.82) is 0 Å². The van der Waals surface area contributed by atoms with Crippen LogP contribution in [0.5, 0.6) is 0 Å². The lowest BCUT2D eigenvalue weighted by Crippen LogP contribution is -2.37. The molecular formula is C12H11BrF2N4O. The average molecular weight is 345 g/mol. The van der Waals surface area contributed by atoms with Crippen LogP contribution in [0.2, 0.25) is 0 Å². The Labute approximate surface area is 122 Å². The van der Waals surface area contributed by atoms with E-state index in [0.717, 1.165) is 14.2 Å². The smallest absolute Gasteiger partial charge is 0.275 e. The van der Waals surface area contributed by atoms with Crippen LogP contribution in [0.4, 0.5) is 14.5 Å². The third-order valence-electron chi connectivity index (χ3n) is 2.60. The number of nitrogens with zero attached hydrogens (tertiary/aromatic N) is 3. The Hall–Kier alpha value is -1.80. The quantitative estimate of drug-likeness (QED) is 0.528. The van der Waals surface area contributed by atoms with Gasteiger partial charge in [0.2, 0.25) is 0 Å². The standard InChI is InChI=1S/C12H11BrF2N4O/c1-18-6-9(10(17-18)11(14)15)12(20)19(16)8-4-2-3-7(13)5-8/h2-6,11H,16H2,1H3. The molecule has 0 aliphatic heterocycles. The minimum absolute atomic E-state index is 0.218. The Kier molecular flexibility index (Phi) is 4.15. The summed E-state index contributed by atoms with van der Waals surface area (Å²) in [6.07, 6.45) is -1.62. The summed E-state index contributed by atoms with van der Waals surface area (Å²) < 4.78 is 27.5. The second-order valence-electron chi connectivity index (χ2n) is 4.06. The normalized spacial score (nSPS) is 10.9. The van der Waals surface area contributed by atoms with E-state index in [1.165, 1.54) is 13.2 Å². The number of anilines is 1. The molecule has 106 valence electrons. The Bertz CT molecular complexity index is 644. The first-order valence-corrected chi connectivity index (χ1v) is 6.36. The zero-order valence-corrected chi connectivity index (χ0v) is 12.0. The number of carbonyl (C=O) groups is 1. The molecule has 2 aromatic rings. The van der Waals surface area contributed by atoms with Gasteiger partial charge in [0.15, 0.2) is 0 Å². The molecule has 0 atom stereocenters. The lowest BCUT2D eigenvalue weighted by Gasteiger charge is -2.16. The summed E-state index contributed by atoms with van der Waals surface area (Å²) in [4.78, 5) is 12.2. The fourth-order valence-corrected chi connectivity index (χ4v) is 2.09. The van der Waals surface area contributed by atoms with Crippen molar-refractivity contribution in [1.82, 2.24) is 9.78 Å². The van der Waals surface area contributed by atoms with Gasteiger partial charge < -0.3 is 0 Å². The van der Waals surface area contributed by atoms with E-state index >= 15 is 0 Å². The highest BCUT2D eigenvalue weighted by Gasteiger charge is 2.25. The van der Waals surface area contributed by atoms with E-state index in [1.54, 1.807) is 24.3 Å². The van der Waals surface area contributed by atoms with Crippen LogP contribution in [0, 0.1) is 0 Å². The lowest BCUT2D eigenvalue weighted by atomic mass is 10.2. The fourth-order valence-electron chi connectivity index (χ4n) is 1.70. The SMILES string of the molecule is Cn1cc(C(=O)N(N)c2cccc(Br)c2)c(C(F)F)n1. The molecule has 1 amide bonds. The number of aromatic nitrogens is 2. The summed E-state index contributed by atoms with van der Waals surface area (Å²) >= 11 is 3.25. The molecule has 0 spiro atoms. The maximum atomic E-state index is 12.8. The van der Waals surface area contributed by atoms with Gasteiger partial charge >= 0.3 is 0 Å². The van der Waals surface area contributed by atoms with E-state index in [-0.39, 0.29) is 5.56 Å². The molecule has 2 rings (SSSR count). The third kappa shape index (κ3) is 2.86. The molecule has 0 radical (unpaired) electrons. The van der Waals surface area contributed by atoms with Gasteiger partial charge in [-0.15, -0.1) is 0 Å². The first-order valence-electron chi connectivity index (χ1n) is 5.56. The van der Waals surface area contributed by atoms with Crippen molar-refractivity contribution in [2.75, 3.05) is 5.01 Å². The first-order chi connectivity index (χ1) is 9.40. The lowest BCUT2D eigenvalue weighted by molar-refractivity contribution is 0.0972. The Morgan fingerprint density at radius 3 is 2.80 bits per heavy atom. The number of aryl methyl sites for hydroxylation is 1. The van der Waals surface area contributed by atoms with Crippen molar-refractivity contribution in [3.8, 4) is 0 Å². The number of hydrogen-bond donors (Lipinski definition) is 1. The maximum Gasteiger partial charge on any atom is 0.282 e. The molecule has 20 heavy (non-hydrogen) atoms. The van der Waals surface area contributed by atoms with Crippen molar-refractivity contribution >= 4 is 27.5 Å². The van der Waals surface area contributed by atoms with Crippen molar-refractivity contribution in [3.63, 3.8) is 0 Å². The second-order valence-corrected chi connectivity index (χ2v) is 4.97. The van der Waals surface area contributed by atoms with Crippen molar-refractivity contribution < 1.29 is 13.6 Å². The van der Waals surface area contributed by atoms with Crippen LogP contribution < -0.4 is 10.9 Å². The van der Waals surface area contributed by atoms with Gasteiger partial charge in [-0.3, -0.25) is 9.48 Å². The highest BCUT2D eigenvalue weighted by molar-refractivity contribution is 9.10. The van der Waals surface area contributed by atoms with Crippen molar-refractivity contribution in [2.24, 2.45) is 12.9 Å². The minimum atomic E-state index is -2.84. The number of benzene rings is 1. The van der Waals surface area contributed by atoms with E-state index in [2.05, 4.69) is 21.0 Å². The molecule has 0 unspecified atom stereocenters. The van der Waals surface area contributed by atoms with Gasteiger partial charge in [0.05, 0.1) is 11.3 Å². The molecular weight excluding hydrogens is 334 g/mol. The molecule has 1 aromatic carbocycles. The number of carbonyl (C=O) groups excluding carboxylic acids is 1. The number of halogens is 3. The number of rotatable bonds is 3. The van der Waals surface area contributed by atoms with E-state index in [1.807, 2.05) is 0 Å². The van der Waals surface area contributed by atoms with Crippen LogP contribution in [-0.2, 0) is 7.05 Å². The number of hydrazine groups is 1. The van der Waals surface area contributed by atoms with Crippen LogP contribution in [0.3, 0.4) is 0 Å². The van der Waals surface area contributed by atoms with Crippen LogP contribution in [0.15, 0.2) is 34.9 Å². The van der Waals surface area contributed by atoms with E-state index < -0.39 is 18.0 Å². The van der Waals surface area contributed by atoms with Gasteiger partial charge in [0, 0.05) is 17.7 Å². The molecule has 0 aliphatic carbocycles. The molecule has 0 fully saturated rings. The van der Waals surface area contributed by atoms with Gasteiger partial charge in [-0.2, -0.15) is 5.10 Å². The zero-order chi connectivity index (χ0) is 14.9. The van der Waals surface area contributed by atoms with Gasteiger partial charge in [0.1, 0.15) is 5.69 Å². The molecule has 2 N–H and O–H groups in total. The molecule has 1 heterocycles. The van der Waals surface area contributed by atoms with Crippen molar-refractivity contribution in [2.45, 2.75) is 6.43 Å². The third-order valence-corrected chi connectivity index (χ3v) is 3.09. The second kappa shape index (κ2) is 5.68. The molecule has 0 aliphatic rings. The topological polar surface area (TPSA) is 64.2 Å². The summed E-state index contributed by atoms with van der Waals surface area (Å²) in [7, 11) is 1.46. The minimum Gasteiger partial charge on any atom is -0.275 e. The summed E-state index contributed by atoms with van der Waals surface area (Å²) in [5, 5.41) is 4.39. The monoisotopic (exact) mass is 344 g/mol. The summed E-state index contributed by atoms with van der Waals surface area (Å²) in [5.41, 5.74) is -0.415. The molecule has 5 nitrogen and oxygen atoms in total. The Balaban J connectivity index is 2.36. The highest BCUT2D eigenvalue weighted by Crippen LogP contribution is 2.24. The predicted octanol–water partition coefficient (Wildman–Crippen LogP) is 2.64. The number of nitrogens with two attached hydrogens (primary N) is 1. The molecule has 1 aromatic heterocycles. The zero-order valence-electron chi connectivity index (χ0n) is 10.4.